The number of anilines is 1. The zero-order valence-corrected chi connectivity index (χ0v) is 10.9. The van der Waals surface area contributed by atoms with Crippen LogP contribution in [0.1, 0.15) is 18.4 Å². The van der Waals surface area contributed by atoms with Crippen molar-refractivity contribution in [2.75, 3.05) is 25.5 Å². The first-order valence-corrected chi connectivity index (χ1v) is 6.46. The number of likely N-dealkylation sites (tertiary alicyclic amines) is 1. The zero-order chi connectivity index (χ0) is 13.0. The van der Waals surface area contributed by atoms with E-state index in [9.17, 15) is 4.79 Å². The molecule has 4 heteroatoms. The van der Waals surface area contributed by atoms with E-state index in [1.807, 2.05) is 24.3 Å². The van der Waals surface area contributed by atoms with E-state index in [4.69, 9.17) is 5.73 Å². The summed E-state index contributed by atoms with van der Waals surface area (Å²) in [5.74, 6) is -0.286. The van der Waals surface area contributed by atoms with Crippen molar-refractivity contribution >= 4 is 11.6 Å². The van der Waals surface area contributed by atoms with E-state index < -0.39 is 0 Å². The summed E-state index contributed by atoms with van der Waals surface area (Å²) in [7, 11) is 2.16. The van der Waals surface area contributed by atoms with Crippen LogP contribution in [-0.2, 0) is 11.2 Å². The van der Waals surface area contributed by atoms with Crippen LogP contribution in [0.5, 0.6) is 0 Å². The largest absolute Gasteiger partial charge is 0.382 e. The molecule has 0 saturated carbocycles. The van der Waals surface area contributed by atoms with E-state index in [1.165, 1.54) is 12.8 Å². The number of rotatable bonds is 4. The quantitative estimate of drug-likeness (QED) is 0.841. The average molecular weight is 247 g/mol. The van der Waals surface area contributed by atoms with E-state index in [1.54, 1.807) is 0 Å². The maximum Gasteiger partial charge on any atom is 0.221 e. The third-order valence-corrected chi connectivity index (χ3v) is 3.42. The second kappa shape index (κ2) is 5.87. The predicted octanol–water partition coefficient (Wildman–Crippen LogP) is 1.22. The number of amides is 1. The Morgan fingerprint density at radius 2 is 1.94 bits per heavy atom. The number of benzene rings is 1. The first-order valence-electron chi connectivity index (χ1n) is 6.46. The van der Waals surface area contributed by atoms with Gasteiger partial charge >= 0.3 is 0 Å². The fraction of sp³-hybridized carbons (Fsp3) is 0.500. The Kier molecular flexibility index (Phi) is 4.20. The molecule has 2 rings (SSSR count). The van der Waals surface area contributed by atoms with Crippen molar-refractivity contribution in [3.05, 3.63) is 29.8 Å². The molecule has 1 aliphatic heterocycles. The van der Waals surface area contributed by atoms with Gasteiger partial charge in [0.15, 0.2) is 0 Å². The molecule has 0 radical (unpaired) electrons. The van der Waals surface area contributed by atoms with Crippen molar-refractivity contribution in [2.45, 2.75) is 25.3 Å². The predicted molar refractivity (Wildman–Crippen MR) is 73.5 cm³/mol. The summed E-state index contributed by atoms with van der Waals surface area (Å²) in [5, 5.41) is 3.54. The average Bonchev–Trinajstić information content (AvgIpc) is 2.34. The fourth-order valence-electron chi connectivity index (χ4n) is 2.31. The van der Waals surface area contributed by atoms with Gasteiger partial charge in [-0.3, -0.25) is 4.79 Å². The van der Waals surface area contributed by atoms with Gasteiger partial charge in [-0.2, -0.15) is 0 Å². The maximum absolute atomic E-state index is 10.8. The molecule has 0 bridgehead atoms. The lowest BCUT2D eigenvalue weighted by Crippen LogP contribution is -2.36. The molecule has 18 heavy (non-hydrogen) atoms. The SMILES string of the molecule is CN1CCC(Nc2ccc(CC(N)=O)cc2)CC1. The highest BCUT2D eigenvalue weighted by Gasteiger charge is 2.15. The van der Waals surface area contributed by atoms with Crippen molar-refractivity contribution in [2.24, 2.45) is 5.73 Å². The van der Waals surface area contributed by atoms with Crippen molar-refractivity contribution in [3.63, 3.8) is 0 Å². The van der Waals surface area contributed by atoms with Gasteiger partial charge in [0.25, 0.3) is 0 Å². The number of hydrogen-bond acceptors (Lipinski definition) is 3. The minimum atomic E-state index is -0.286. The van der Waals surface area contributed by atoms with Crippen LogP contribution < -0.4 is 11.1 Å². The Hall–Kier alpha value is -1.55. The highest BCUT2D eigenvalue weighted by Crippen LogP contribution is 2.16. The van der Waals surface area contributed by atoms with Crippen molar-refractivity contribution < 1.29 is 4.79 Å². The third-order valence-electron chi connectivity index (χ3n) is 3.42. The summed E-state index contributed by atoms with van der Waals surface area (Å²) in [5.41, 5.74) is 7.26. The lowest BCUT2D eigenvalue weighted by atomic mass is 10.0. The van der Waals surface area contributed by atoms with Gasteiger partial charge in [0, 0.05) is 11.7 Å². The van der Waals surface area contributed by atoms with Crippen molar-refractivity contribution in [1.29, 1.82) is 0 Å². The van der Waals surface area contributed by atoms with Crippen LogP contribution in [-0.4, -0.2) is 37.0 Å². The molecule has 1 aromatic carbocycles. The molecule has 0 spiro atoms. The molecule has 1 aliphatic rings. The maximum atomic E-state index is 10.8. The summed E-state index contributed by atoms with van der Waals surface area (Å²) in [4.78, 5) is 13.2. The molecule has 1 heterocycles. The minimum absolute atomic E-state index is 0.286. The topological polar surface area (TPSA) is 58.4 Å². The monoisotopic (exact) mass is 247 g/mol. The van der Waals surface area contributed by atoms with Gasteiger partial charge in [-0.1, -0.05) is 12.1 Å². The first kappa shape index (κ1) is 12.9. The van der Waals surface area contributed by atoms with Gasteiger partial charge in [0.05, 0.1) is 6.42 Å². The summed E-state index contributed by atoms with van der Waals surface area (Å²) >= 11 is 0. The molecule has 0 unspecified atom stereocenters. The molecular formula is C14H21N3O. The van der Waals surface area contributed by atoms with E-state index in [0.717, 1.165) is 24.3 Å². The van der Waals surface area contributed by atoms with Crippen LogP contribution in [0.25, 0.3) is 0 Å². The summed E-state index contributed by atoms with van der Waals surface area (Å²) in [6, 6.07) is 8.53. The summed E-state index contributed by atoms with van der Waals surface area (Å²) < 4.78 is 0. The van der Waals surface area contributed by atoms with Crippen molar-refractivity contribution in [3.8, 4) is 0 Å². The van der Waals surface area contributed by atoms with Crippen LogP contribution >= 0.6 is 0 Å². The van der Waals surface area contributed by atoms with Crippen molar-refractivity contribution in [1.82, 2.24) is 4.90 Å². The zero-order valence-electron chi connectivity index (χ0n) is 10.9. The lowest BCUT2D eigenvalue weighted by Gasteiger charge is -2.30. The molecule has 1 fully saturated rings. The van der Waals surface area contributed by atoms with Crippen LogP contribution in [0.2, 0.25) is 0 Å². The molecule has 3 N–H and O–H groups in total. The van der Waals surface area contributed by atoms with E-state index in [2.05, 4.69) is 17.3 Å². The van der Waals surface area contributed by atoms with E-state index >= 15 is 0 Å². The highest BCUT2D eigenvalue weighted by atomic mass is 16.1. The fourth-order valence-corrected chi connectivity index (χ4v) is 2.31. The molecule has 0 atom stereocenters. The van der Waals surface area contributed by atoms with Gasteiger partial charge in [-0.15, -0.1) is 0 Å². The Morgan fingerprint density at radius 3 is 2.50 bits per heavy atom. The first-order chi connectivity index (χ1) is 8.63. The van der Waals surface area contributed by atoms with E-state index in [-0.39, 0.29) is 5.91 Å². The third kappa shape index (κ3) is 3.74. The number of hydrogen-bond donors (Lipinski definition) is 2. The van der Waals surface area contributed by atoms with Gasteiger partial charge in [0.1, 0.15) is 0 Å². The Bertz CT molecular complexity index is 394. The Morgan fingerprint density at radius 1 is 1.33 bits per heavy atom. The van der Waals surface area contributed by atoms with Crippen LogP contribution in [0.4, 0.5) is 5.69 Å². The highest BCUT2D eigenvalue weighted by molar-refractivity contribution is 5.76. The number of piperidine rings is 1. The molecule has 4 nitrogen and oxygen atoms in total. The molecule has 1 aromatic rings. The molecule has 1 saturated heterocycles. The molecule has 0 aromatic heterocycles. The van der Waals surface area contributed by atoms with Gasteiger partial charge in [-0.05, 0) is 50.7 Å². The number of nitrogens with one attached hydrogen (secondary N) is 1. The summed E-state index contributed by atoms with van der Waals surface area (Å²) in [6.07, 6.45) is 2.67. The van der Waals surface area contributed by atoms with Gasteiger partial charge in [-0.25, -0.2) is 0 Å². The molecule has 0 aliphatic carbocycles. The Labute approximate surface area is 108 Å². The number of primary amides is 1. The summed E-state index contributed by atoms with van der Waals surface area (Å²) in [6.45, 7) is 2.30. The minimum Gasteiger partial charge on any atom is -0.382 e. The normalized spacial score (nSPS) is 17.6. The van der Waals surface area contributed by atoms with E-state index in [0.29, 0.717) is 12.5 Å². The molecule has 98 valence electrons. The second-order valence-corrected chi connectivity index (χ2v) is 5.06. The van der Waals surface area contributed by atoms with Gasteiger partial charge in [0.2, 0.25) is 5.91 Å². The van der Waals surface area contributed by atoms with Gasteiger partial charge < -0.3 is 16.0 Å². The molecule has 1 amide bonds. The number of nitrogens with zero attached hydrogens (tertiary/aromatic N) is 1. The number of carbonyl (C=O) groups is 1. The van der Waals surface area contributed by atoms with Crippen LogP contribution in [0.3, 0.4) is 0 Å². The standard InChI is InChI=1S/C14H21N3O/c1-17-8-6-13(7-9-17)16-12-4-2-11(3-5-12)10-14(15)18/h2-5,13,16H,6-10H2,1H3,(H2,15,18). The number of carbonyl (C=O) groups excluding carboxylic acids is 1. The molecular weight excluding hydrogens is 226 g/mol. The number of nitrogens with two attached hydrogens (primary N) is 1. The lowest BCUT2D eigenvalue weighted by molar-refractivity contribution is -0.117. The van der Waals surface area contributed by atoms with Crippen LogP contribution in [0.15, 0.2) is 24.3 Å². The Balaban J connectivity index is 1.88. The smallest absolute Gasteiger partial charge is 0.221 e. The van der Waals surface area contributed by atoms with Crippen LogP contribution in [0, 0.1) is 0 Å². The second-order valence-electron chi connectivity index (χ2n) is 5.06.